The van der Waals surface area contributed by atoms with E-state index in [0.29, 0.717) is 23.7 Å². The third-order valence-electron chi connectivity index (χ3n) is 4.48. The van der Waals surface area contributed by atoms with Crippen LogP contribution >= 0.6 is 0 Å². The SMILES string of the molecule is Cc1ncoc1C(=O)N1CCCCC1c1cc(=O)n2ccnc2[nH]1. The number of aromatic nitrogens is 4. The van der Waals surface area contributed by atoms with Gasteiger partial charge >= 0.3 is 0 Å². The van der Waals surface area contributed by atoms with E-state index < -0.39 is 0 Å². The molecular formula is C16H17N5O3. The highest BCUT2D eigenvalue weighted by atomic mass is 16.3. The van der Waals surface area contributed by atoms with E-state index in [9.17, 15) is 9.59 Å². The second kappa shape index (κ2) is 5.63. The number of nitrogens with one attached hydrogen (secondary N) is 1. The van der Waals surface area contributed by atoms with E-state index in [-0.39, 0.29) is 23.3 Å². The summed E-state index contributed by atoms with van der Waals surface area (Å²) in [6.45, 7) is 2.36. The number of H-pyrrole nitrogens is 1. The summed E-state index contributed by atoms with van der Waals surface area (Å²) in [5, 5.41) is 0. The molecule has 1 saturated heterocycles. The van der Waals surface area contributed by atoms with Gasteiger partial charge in [-0.2, -0.15) is 0 Å². The molecule has 3 aromatic rings. The number of piperidine rings is 1. The van der Waals surface area contributed by atoms with Crippen LogP contribution in [0.3, 0.4) is 0 Å². The highest BCUT2D eigenvalue weighted by molar-refractivity contribution is 5.92. The van der Waals surface area contributed by atoms with Gasteiger partial charge in [-0.3, -0.25) is 14.0 Å². The third kappa shape index (κ3) is 2.31. The summed E-state index contributed by atoms with van der Waals surface area (Å²) >= 11 is 0. The average Bonchev–Trinajstić information content (AvgIpc) is 3.23. The zero-order valence-corrected chi connectivity index (χ0v) is 13.2. The van der Waals surface area contributed by atoms with Crippen molar-refractivity contribution in [2.24, 2.45) is 0 Å². The lowest BCUT2D eigenvalue weighted by atomic mass is 9.98. The molecule has 124 valence electrons. The van der Waals surface area contributed by atoms with Crippen LogP contribution in [0.25, 0.3) is 5.78 Å². The molecule has 0 bridgehead atoms. The molecule has 0 aliphatic carbocycles. The van der Waals surface area contributed by atoms with Crippen LogP contribution in [0.1, 0.15) is 47.2 Å². The second-order valence-corrected chi connectivity index (χ2v) is 5.96. The van der Waals surface area contributed by atoms with Crippen molar-refractivity contribution in [3.63, 3.8) is 0 Å². The standard InChI is InChI=1S/C16H17N5O3/c1-10-14(24-9-18-10)15(23)20-6-3-2-4-12(20)11-8-13(22)21-7-5-17-16(21)19-11/h5,7-9,12H,2-4,6H2,1H3,(H,17,19). The van der Waals surface area contributed by atoms with E-state index >= 15 is 0 Å². The molecule has 1 aliphatic heterocycles. The van der Waals surface area contributed by atoms with Crippen molar-refractivity contribution in [2.75, 3.05) is 6.54 Å². The molecule has 1 N–H and O–H groups in total. The Kier molecular flexibility index (Phi) is 3.44. The lowest BCUT2D eigenvalue weighted by Crippen LogP contribution is -2.39. The summed E-state index contributed by atoms with van der Waals surface area (Å²) < 4.78 is 6.70. The lowest BCUT2D eigenvalue weighted by Gasteiger charge is -2.35. The first-order valence-electron chi connectivity index (χ1n) is 7.92. The molecule has 1 aliphatic rings. The summed E-state index contributed by atoms with van der Waals surface area (Å²) in [4.78, 5) is 38.1. The van der Waals surface area contributed by atoms with Crippen LogP contribution < -0.4 is 5.56 Å². The minimum absolute atomic E-state index is 0.162. The van der Waals surface area contributed by atoms with Crippen molar-refractivity contribution in [2.45, 2.75) is 32.2 Å². The Hall–Kier alpha value is -2.90. The van der Waals surface area contributed by atoms with Crippen LogP contribution in [0.5, 0.6) is 0 Å². The predicted octanol–water partition coefficient (Wildman–Crippen LogP) is 1.69. The van der Waals surface area contributed by atoms with Gasteiger partial charge in [0.1, 0.15) is 0 Å². The number of amides is 1. The van der Waals surface area contributed by atoms with Gasteiger partial charge in [0, 0.05) is 30.7 Å². The number of aryl methyl sites for hydroxylation is 1. The quantitative estimate of drug-likeness (QED) is 0.772. The summed E-state index contributed by atoms with van der Waals surface area (Å²) in [6.07, 6.45) is 7.15. The van der Waals surface area contributed by atoms with Crippen molar-refractivity contribution in [1.82, 2.24) is 24.3 Å². The first kappa shape index (κ1) is 14.7. The first-order valence-corrected chi connectivity index (χ1v) is 7.92. The van der Waals surface area contributed by atoms with Crippen LogP contribution in [0.4, 0.5) is 0 Å². The predicted molar refractivity (Wildman–Crippen MR) is 84.7 cm³/mol. The number of hydrogen-bond acceptors (Lipinski definition) is 5. The van der Waals surface area contributed by atoms with Crippen molar-refractivity contribution in [1.29, 1.82) is 0 Å². The molecular weight excluding hydrogens is 310 g/mol. The molecule has 0 spiro atoms. The Morgan fingerprint density at radius 2 is 2.25 bits per heavy atom. The summed E-state index contributed by atoms with van der Waals surface area (Å²) in [5.41, 5.74) is 1.11. The molecule has 0 saturated carbocycles. The van der Waals surface area contributed by atoms with Crippen LogP contribution in [0.2, 0.25) is 0 Å². The Morgan fingerprint density at radius 1 is 1.38 bits per heavy atom. The van der Waals surface area contributed by atoms with Gasteiger partial charge in [-0.1, -0.05) is 0 Å². The molecule has 24 heavy (non-hydrogen) atoms. The third-order valence-corrected chi connectivity index (χ3v) is 4.48. The molecule has 8 nitrogen and oxygen atoms in total. The summed E-state index contributed by atoms with van der Waals surface area (Å²) in [7, 11) is 0. The molecule has 8 heteroatoms. The largest absolute Gasteiger partial charge is 0.438 e. The molecule has 1 fully saturated rings. The second-order valence-electron chi connectivity index (χ2n) is 5.96. The molecule has 0 aromatic carbocycles. The Balaban J connectivity index is 1.74. The maximum absolute atomic E-state index is 12.8. The number of rotatable bonds is 2. The molecule has 4 rings (SSSR count). The van der Waals surface area contributed by atoms with Gasteiger partial charge in [0.05, 0.1) is 11.7 Å². The highest BCUT2D eigenvalue weighted by Gasteiger charge is 2.32. The highest BCUT2D eigenvalue weighted by Crippen LogP contribution is 2.31. The summed E-state index contributed by atoms with van der Waals surface area (Å²) in [5.74, 6) is 0.538. The summed E-state index contributed by atoms with van der Waals surface area (Å²) in [6, 6.07) is 1.34. The van der Waals surface area contributed by atoms with Gasteiger partial charge in [0.2, 0.25) is 11.5 Å². The van der Waals surface area contributed by atoms with Gasteiger partial charge in [0.15, 0.2) is 6.39 Å². The fraction of sp³-hybridized carbons (Fsp3) is 0.375. The first-order chi connectivity index (χ1) is 11.6. The maximum atomic E-state index is 12.8. The van der Waals surface area contributed by atoms with Crippen LogP contribution in [-0.2, 0) is 0 Å². The number of likely N-dealkylation sites (tertiary alicyclic amines) is 1. The van der Waals surface area contributed by atoms with Gasteiger partial charge in [-0.15, -0.1) is 0 Å². The van der Waals surface area contributed by atoms with Crippen molar-refractivity contribution >= 4 is 11.7 Å². The van der Waals surface area contributed by atoms with E-state index in [0.717, 1.165) is 19.3 Å². The number of hydrogen-bond donors (Lipinski definition) is 1. The van der Waals surface area contributed by atoms with Gasteiger partial charge in [0.25, 0.3) is 11.5 Å². The van der Waals surface area contributed by atoms with Crippen molar-refractivity contribution in [3.05, 3.63) is 52.4 Å². The number of aromatic amines is 1. The zero-order chi connectivity index (χ0) is 16.7. The lowest BCUT2D eigenvalue weighted by molar-refractivity contribution is 0.0572. The van der Waals surface area contributed by atoms with E-state index in [1.165, 1.54) is 16.9 Å². The fourth-order valence-corrected chi connectivity index (χ4v) is 3.26. The van der Waals surface area contributed by atoms with E-state index in [4.69, 9.17) is 4.42 Å². The van der Waals surface area contributed by atoms with Gasteiger partial charge < -0.3 is 14.3 Å². The number of imidazole rings is 1. The van der Waals surface area contributed by atoms with Crippen molar-refractivity contribution in [3.8, 4) is 0 Å². The topological polar surface area (TPSA) is 96.5 Å². The zero-order valence-electron chi connectivity index (χ0n) is 13.2. The fourth-order valence-electron chi connectivity index (χ4n) is 3.26. The maximum Gasteiger partial charge on any atom is 0.292 e. The Morgan fingerprint density at radius 3 is 3.04 bits per heavy atom. The number of carbonyl (C=O) groups is 1. The molecule has 4 heterocycles. The molecule has 1 amide bonds. The minimum Gasteiger partial charge on any atom is -0.438 e. The van der Waals surface area contributed by atoms with Crippen molar-refractivity contribution < 1.29 is 9.21 Å². The Labute approximate surface area is 137 Å². The molecule has 0 radical (unpaired) electrons. The number of carbonyl (C=O) groups excluding carboxylic acids is 1. The number of fused-ring (bicyclic) bond motifs is 1. The smallest absolute Gasteiger partial charge is 0.292 e. The number of nitrogens with zero attached hydrogens (tertiary/aromatic N) is 4. The monoisotopic (exact) mass is 327 g/mol. The average molecular weight is 327 g/mol. The normalized spacial score (nSPS) is 18.2. The van der Waals surface area contributed by atoms with Gasteiger partial charge in [-0.05, 0) is 26.2 Å². The van der Waals surface area contributed by atoms with E-state index in [1.807, 2.05) is 0 Å². The minimum atomic E-state index is -0.204. The Bertz CT molecular complexity index is 954. The van der Waals surface area contributed by atoms with E-state index in [1.54, 1.807) is 24.2 Å². The van der Waals surface area contributed by atoms with Crippen LogP contribution in [0, 0.1) is 6.92 Å². The van der Waals surface area contributed by atoms with E-state index in [2.05, 4.69) is 15.0 Å². The van der Waals surface area contributed by atoms with Crippen LogP contribution in [-0.4, -0.2) is 36.7 Å². The van der Waals surface area contributed by atoms with Crippen LogP contribution in [0.15, 0.2) is 34.1 Å². The molecule has 1 unspecified atom stereocenters. The molecule has 3 aromatic heterocycles. The molecule has 1 atom stereocenters. The van der Waals surface area contributed by atoms with Gasteiger partial charge in [-0.25, -0.2) is 9.97 Å². The number of oxazole rings is 1.